The van der Waals surface area contributed by atoms with Gasteiger partial charge in [-0.3, -0.25) is 0 Å². The van der Waals surface area contributed by atoms with E-state index in [4.69, 9.17) is 23.2 Å². The molecule has 2 aromatic carbocycles. The van der Waals surface area contributed by atoms with Crippen LogP contribution in [0.1, 0.15) is 11.1 Å². The molecule has 2 rings (SSSR count). The summed E-state index contributed by atoms with van der Waals surface area (Å²) in [5.41, 5.74) is 2.25. The average Bonchev–Trinajstić information content (AvgIpc) is 2.40. The molecule has 3 nitrogen and oxygen atoms in total. The lowest BCUT2D eigenvalue weighted by Crippen LogP contribution is -2.26. The molecule has 6 heteroatoms. The summed E-state index contributed by atoms with van der Waals surface area (Å²) in [7, 11) is -3.63. The number of halogens is 2. The van der Waals surface area contributed by atoms with Gasteiger partial charge in [-0.05, 0) is 42.7 Å². The fourth-order valence-corrected chi connectivity index (χ4v) is 3.78. The third-order valence-corrected chi connectivity index (χ3v) is 5.31. The molecule has 2 aromatic rings. The van der Waals surface area contributed by atoms with Crippen LogP contribution in [-0.4, -0.2) is 15.0 Å². The Balaban J connectivity index is 2.07. The Labute approximate surface area is 135 Å². The summed E-state index contributed by atoms with van der Waals surface area (Å²) in [5, 5.41) is 0.518. The smallest absolute Gasteiger partial charge is 0.211 e. The van der Waals surface area contributed by atoms with Crippen LogP contribution in [0.4, 0.5) is 0 Å². The maximum atomic E-state index is 12.2. The van der Waals surface area contributed by atoms with E-state index < -0.39 is 10.0 Å². The highest BCUT2D eigenvalue weighted by Crippen LogP contribution is 2.24. The molecule has 0 aromatic heterocycles. The monoisotopic (exact) mass is 343 g/mol. The van der Waals surface area contributed by atoms with E-state index >= 15 is 0 Å². The third kappa shape index (κ3) is 4.20. The second-order valence-electron chi connectivity index (χ2n) is 4.65. The van der Waals surface area contributed by atoms with Gasteiger partial charge in [0.25, 0.3) is 0 Å². The molecule has 0 saturated carbocycles. The fourth-order valence-electron chi connectivity index (χ4n) is 1.98. The normalized spacial score (nSPS) is 11.6. The van der Waals surface area contributed by atoms with E-state index in [1.807, 2.05) is 31.2 Å². The zero-order chi connectivity index (χ0) is 15.5. The van der Waals surface area contributed by atoms with E-state index in [1.165, 1.54) is 18.2 Å². The molecule has 0 aliphatic rings. The highest BCUT2D eigenvalue weighted by atomic mass is 35.5. The minimum atomic E-state index is -3.63. The fraction of sp³-hybridized carbons (Fsp3) is 0.200. The van der Waals surface area contributed by atoms with E-state index in [-0.39, 0.29) is 9.92 Å². The van der Waals surface area contributed by atoms with Gasteiger partial charge in [0.1, 0.15) is 4.90 Å². The molecule has 0 amide bonds. The molecule has 0 aliphatic heterocycles. The molecule has 1 N–H and O–H groups in total. The number of benzene rings is 2. The Bertz CT molecular complexity index is 745. The van der Waals surface area contributed by atoms with Crippen LogP contribution in [0, 0.1) is 6.92 Å². The Morgan fingerprint density at radius 3 is 2.48 bits per heavy atom. The second kappa shape index (κ2) is 6.79. The lowest BCUT2D eigenvalue weighted by molar-refractivity contribution is 0.581. The molecule has 0 heterocycles. The van der Waals surface area contributed by atoms with Gasteiger partial charge in [0, 0.05) is 11.6 Å². The maximum absolute atomic E-state index is 12.2. The Kier molecular flexibility index (Phi) is 5.27. The van der Waals surface area contributed by atoms with Crippen molar-refractivity contribution >= 4 is 33.2 Å². The molecule has 21 heavy (non-hydrogen) atoms. The predicted octanol–water partition coefficient (Wildman–Crippen LogP) is 3.82. The highest BCUT2D eigenvalue weighted by Gasteiger charge is 2.17. The van der Waals surface area contributed by atoms with Crippen molar-refractivity contribution in [1.82, 2.24) is 4.72 Å². The topological polar surface area (TPSA) is 46.2 Å². The van der Waals surface area contributed by atoms with E-state index in [2.05, 4.69) is 4.72 Å². The van der Waals surface area contributed by atoms with Gasteiger partial charge in [-0.25, -0.2) is 13.1 Å². The predicted molar refractivity (Wildman–Crippen MR) is 86.5 cm³/mol. The summed E-state index contributed by atoms with van der Waals surface area (Å²) in [6, 6.07) is 12.2. The molecule has 0 fully saturated rings. The van der Waals surface area contributed by atoms with Crippen molar-refractivity contribution < 1.29 is 8.42 Å². The van der Waals surface area contributed by atoms with Crippen LogP contribution in [0.3, 0.4) is 0 Å². The number of hydrogen-bond donors (Lipinski definition) is 1. The number of hydrogen-bond acceptors (Lipinski definition) is 2. The van der Waals surface area contributed by atoms with Crippen LogP contribution < -0.4 is 4.72 Å². The van der Waals surface area contributed by atoms with Crippen LogP contribution in [0.2, 0.25) is 10.0 Å². The number of sulfonamides is 1. The Hall–Kier alpha value is -1.07. The third-order valence-electron chi connectivity index (χ3n) is 3.13. The van der Waals surface area contributed by atoms with Gasteiger partial charge in [-0.2, -0.15) is 0 Å². The molecule has 112 valence electrons. The minimum absolute atomic E-state index is 0.0401. The molecule has 0 saturated heterocycles. The summed E-state index contributed by atoms with van der Waals surface area (Å²) >= 11 is 11.7. The number of rotatable bonds is 5. The molecular formula is C15H15Cl2NO2S. The molecule has 0 spiro atoms. The zero-order valence-corrected chi connectivity index (χ0v) is 13.8. The van der Waals surface area contributed by atoms with E-state index in [0.717, 1.165) is 11.1 Å². The van der Waals surface area contributed by atoms with Crippen molar-refractivity contribution in [3.8, 4) is 0 Å². The average molecular weight is 344 g/mol. The summed E-state index contributed by atoms with van der Waals surface area (Å²) in [4.78, 5) is 0.0401. The molecular weight excluding hydrogens is 329 g/mol. The van der Waals surface area contributed by atoms with Crippen molar-refractivity contribution in [2.45, 2.75) is 18.2 Å². The van der Waals surface area contributed by atoms with Gasteiger partial charge in [0.2, 0.25) is 10.0 Å². The van der Waals surface area contributed by atoms with Crippen molar-refractivity contribution in [3.63, 3.8) is 0 Å². The molecule has 0 atom stereocenters. The van der Waals surface area contributed by atoms with Crippen molar-refractivity contribution in [3.05, 3.63) is 63.6 Å². The summed E-state index contributed by atoms with van der Waals surface area (Å²) in [6.07, 6.45) is 0.622. The van der Waals surface area contributed by atoms with Crippen molar-refractivity contribution in [1.29, 1.82) is 0 Å². The first kappa shape index (κ1) is 16.3. The zero-order valence-electron chi connectivity index (χ0n) is 11.4. The summed E-state index contributed by atoms with van der Waals surface area (Å²) in [5.74, 6) is 0. The lowest BCUT2D eigenvalue weighted by atomic mass is 10.1. The maximum Gasteiger partial charge on any atom is 0.242 e. The number of nitrogens with one attached hydrogen (secondary N) is 1. The second-order valence-corrected chi connectivity index (χ2v) is 7.23. The van der Waals surface area contributed by atoms with Gasteiger partial charge in [-0.15, -0.1) is 0 Å². The minimum Gasteiger partial charge on any atom is -0.211 e. The van der Waals surface area contributed by atoms with Crippen molar-refractivity contribution in [2.24, 2.45) is 0 Å². The first-order valence-electron chi connectivity index (χ1n) is 6.39. The van der Waals surface area contributed by atoms with Gasteiger partial charge in [-0.1, -0.05) is 47.5 Å². The van der Waals surface area contributed by atoms with Crippen LogP contribution >= 0.6 is 23.2 Å². The largest absolute Gasteiger partial charge is 0.242 e. The van der Waals surface area contributed by atoms with Gasteiger partial charge >= 0.3 is 0 Å². The van der Waals surface area contributed by atoms with Crippen LogP contribution in [0.15, 0.2) is 47.4 Å². The lowest BCUT2D eigenvalue weighted by Gasteiger charge is -2.09. The summed E-state index contributed by atoms with van der Waals surface area (Å²) in [6.45, 7) is 2.31. The summed E-state index contributed by atoms with van der Waals surface area (Å²) < 4.78 is 27.0. The Morgan fingerprint density at radius 1 is 1.10 bits per heavy atom. The van der Waals surface area contributed by atoms with Crippen LogP contribution in [0.5, 0.6) is 0 Å². The Morgan fingerprint density at radius 2 is 1.81 bits per heavy atom. The quantitative estimate of drug-likeness (QED) is 0.896. The van der Waals surface area contributed by atoms with E-state index in [9.17, 15) is 8.42 Å². The first-order chi connectivity index (χ1) is 9.90. The van der Waals surface area contributed by atoms with E-state index in [1.54, 1.807) is 0 Å². The molecule has 0 bridgehead atoms. The van der Waals surface area contributed by atoms with Crippen molar-refractivity contribution in [2.75, 3.05) is 6.54 Å². The van der Waals surface area contributed by atoms with Crippen LogP contribution in [-0.2, 0) is 16.4 Å². The standard InChI is InChI=1S/C15H15Cl2NO2S/c1-11-4-2-3-5-12(11)8-9-18-21(19,20)15-7-6-13(16)10-14(15)17/h2-7,10,18H,8-9H2,1H3. The highest BCUT2D eigenvalue weighted by molar-refractivity contribution is 7.89. The molecule has 0 aliphatic carbocycles. The van der Waals surface area contributed by atoms with Crippen LogP contribution in [0.25, 0.3) is 0 Å². The van der Waals surface area contributed by atoms with Gasteiger partial charge in [0.05, 0.1) is 5.02 Å². The number of aryl methyl sites for hydroxylation is 1. The van der Waals surface area contributed by atoms with E-state index in [0.29, 0.717) is 18.0 Å². The molecule has 0 unspecified atom stereocenters. The van der Waals surface area contributed by atoms with Gasteiger partial charge in [0.15, 0.2) is 0 Å². The molecule has 0 radical (unpaired) electrons. The van der Waals surface area contributed by atoms with Gasteiger partial charge < -0.3 is 0 Å². The first-order valence-corrected chi connectivity index (χ1v) is 8.63. The SMILES string of the molecule is Cc1ccccc1CCNS(=O)(=O)c1ccc(Cl)cc1Cl.